The number of aromatic nitrogens is 1. The van der Waals surface area contributed by atoms with Gasteiger partial charge in [0.05, 0.1) is 17.9 Å². The summed E-state index contributed by atoms with van der Waals surface area (Å²) < 4.78 is 4.85. The van der Waals surface area contributed by atoms with Gasteiger partial charge in [0, 0.05) is 25.4 Å². The first-order valence-electron chi connectivity index (χ1n) is 7.19. The number of anilines is 1. The smallest absolute Gasteiger partial charge is 0.269 e. The Morgan fingerprint density at radius 3 is 2.79 bits per heavy atom. The predicted octanol–water partition coefficient (Wildman–Crippen LogP) is 1.58. The third kappa shape index (κ3) is 4.38. The lowest BCUT2D eigenvalue weighted by Crippen LogP contribution is -2.28. The fourth-order valence-corrected chi connectivity index (χ4v) is 1.94. The number of amides is 2. The van der Waals surface area contributed by atoms with Crippen LogP contribution < -0.4 is 10.6 Å². The molecule has 0 atom stereocenters. The lowest BCUT2D eigenvalue weighted by Gasteiger charge is -2.08. The highest BCUT2D eigenvalue weighted by Crippen LogP contribution is 2.15. The molecule has 0 radical (unpaired) electrons. The van der Waals surface area contributed by atoms with Crippen molar-refractivity contribution >= 4 is 17.5 Å². The summed E-state index contributed by atoms with van der Waals surface area (Å²) in [6.45, 7) is 0.736. The molecule has 0 fully saturated rings. The number of para-hydroxylation sites is 1. The van der Waals surface area contributed by atoms with E-state index in [0.29, 0.717) is 24.4 Å². The average molecular weight is 324 g/mol. The molecular weight excluding hydrogens is 308 g/mol. The van der Waals surface area contributed by atoms with E-state index in [9.17, 15) is 9.59 Å². The Morgan fingerprint density at radius 2 is 2.04 bits per heavy atom. The van der Waals surface area contributed by atoms with Gasteiger partial charge in [-0.3, -0.25) is 14.6 Å². The monoisotopic (exact) mass is 324 g/mol. The van der Waals surface area contributed by atoms with Crippen molar-refractivity contribution in [2.24, 2.45) is 0 Å². The van der Waals surface area contributed by atoms with E-state index >= 15 is 0 Å². The number of nitrogens with one attached hydrogen (secondary N) is 2. The zero-order valence-electron chi connectivity index (χ0n) is 13.1. The van der Waals surface area contributed by atoms with Crippen molar-refractivity contribution in [2.75, 3.05) is 25.6 Å². The van der Waals surface area contributed by atoms with Crippen molar-refractivity contribution in [3.63, 3.8) is 0 Å². The van der Waals surface area contributed by atoms with Gasteiger partial charge in [-0.15, -0.1) is 0 Å². The summed E-state index contributed by atoms with van der Waals surface area (Å²) in [6.07, 6.45) is 1.39. The van der Waals surface area contributed by atoms with Crippen molar-refractivity contribution in [3.05, 3.63) is 59.4 Å². The molecule has 0 bridgehead atoms. The normalized spacial score (nSPS) is 9.83. The Hall–Kier alpha value is -3.24. The van der Waals surface area contributed by atoms with Crippen LogP contribution in [-0.4, -0.2) is 37.1 Å². The van der Waals surface area contributed by atoms with Crippen molar-refractivity contribution < 1.29 is 14.3 Å². The molecule has 0 saturated carbocycles. The fraction of sp³-hybridized carbons (Fsp3) is 0.176. The van der Waals surface area contributed by atoms with E-state index in [1.165, 1.54) is 25.4 Å². The fourth-order valence-electron chi connectivity index (χ4n) is 1.94. The van der Waals surface area contributed by atoms with Crippen molar-refractivity contribution in [1.29, 1.82) is 5.26 Å². The SMILES string of the molecule is COCCNC(=O)c1cc(C(=O)Nc2ccccc2C#N)ccn1. The zero-order valence-corrected chi connectivity index (χ0v) is 13.1. The van der Waals surface area contributed by atoms with Crippen molar-refractivity contribution in [1.82, 2.24) is 10.3 Å². The van der Waals surface area contributed by atoms with Gasteiger partial charge in [-0.05, 0) is 24.3 Å². The molecule has 2 amide bonds. The van der Waals surface area contributed by atoms with Gasteiger partial charge in [0.15, 0.2) is 0 Å². The van der Waals surface area contributed by atoms with Crippen LogP contribution in [0.2, 0.25) is 0 Å². The highest BCUT2D eigenvalue weighted by atomic mass is 16.5. The van der Waals surface area contributed by atoms with Crippen LogP contribution in [0.5, 0.6) is 0 Å². The molecule has 2 N–H and O–H groups in total. The Kier molecular flexibility index (Phi) is 6.00. The molecule has 24 heavy (non-hydrogen) atoms. The Labute approximate surface area is 139 Å². The van der Waals surface area contributed by atoms with Crippen LogP contribution in [-0.2, 0) is 4.74 Å². The standard InChI is InChI=1S/C17H16N4O3/c1-24-9-8-20-17(23)15-10-12(6-7-19-15)16(22)21-14-5-3-2-4-13(14)11-18/h2-7,10H,8-9H2,1H3,(H,20,23)(H,21,22). The van der Waals surface area contributed by atoms with Gasteiger partial charge in [-0.25, -0.2) is 0 Å². The second-order valence-corrected chi connectivity index (χ2v) is 4.79. The quantitative estimate of drug-likeness (QED) is 0.785. The maximum atomic E-state index is 12.3. The molecular formula is C17H16N4O3. The van der Waals surface area contributed by atoms with Crippen LogP contribution in [0.15, 0.2) is 42.6 Å². The first kappa shape index (κ1) is 17.1. The van der Waals surface area contributed by atoms with Crippen LogP contribution in [0.25, 0.3) is 0 Å². The molecule has 122 valence electrons. The molecule has 0 aliphatic carbocycles. The van der Waals surface area contributed by atoms with E-state index in [0.717, 1.165) is 0 Å². The lowest BCUT2D eigenvalue weighted by molar-refractivity contribution is 0.0932. The minimum absolute atomic E-state index is 0.132. The molecule has 1 aromatic carbocycles. The number of benzene rings is 1. The number of carbonyl (C=O) groups is 2. The van der Waals surface area contributed by atoms with E-state index in [-0.39, 0.29) is 17.2 Å². The van der Waals surface area contributed by atoms with Crippen LogP contribution in [0.3, 0.4) is 0 Å². The van der Waals surface area contributed by atoms with Crippen LogP contribution >= 0.6 is 0 Å². The molecule has 0 saturated heterocycles. The van der Waals surface area contributed by atoms with Gasteiger partial charge in [0.25, 0.3) is 11.8 Å². The summed E-state index contributed by atoms with van der Waals surface area (Å²) in [5.41, 5.74) is 1.17. The summed E-state index contributed by atoms with van der Waals surface area (Å²) in [7, 11) is 1.54. The molecule has 1 aromatic heterocycles. The molecule has 7 heteroatoms. The topological polar surface area (TPSA) is 104 Å². The first-order chi connectivity index (χ1) is 11.7. The number of nitrogens with zero attached hydrogens (tertiary/aromatic N) is 2. The minimum atomic E-state index is -0.425. The minimum Gasteiger partial charge on any atom is -0.383 e. The maximum Gasteiger partial charge on any atom is 0.269 e. The average Bonchev–Trinajstić information content (AvgIpc) is 2.62. The van der Waals surface area contributed by atoms with E-state index < -0.39 is 5.91 Å². The van der Waals surface area contributed by atoms with Gasteiger partial charge in [-0.1, -0.05) is 12.1 Å². The molecule has 0 unspecified atom stereocenters. The van der Waals surface area contributed by atoms with E-state index in [1.54, 1.807) is 24.3 Å². The molecule has 0 spiro atoms. The number of hydrogen-bond acceptors (Lipinski definition) is 5. The largest absolute Gasteiger partial charge is 0.383 e. The molecule has 2 rings (SSSR count). The summed E-state index contributed by atoms with van der Waals surface area (Å²) in [5.74, 6) is -0.815. The molecule has 2 aromatic rings. The second kappa shape index (κ2) is 8.41. The van der Waals surface area contributed by atoms with E-state index in [2.05, 4.69) is 15.6 Å². The van der Waals surface area contributed by atoms with Crippen LogP contribution in [0.1, 0.15) is 26.4 Å². The number of ether oxygens (including phenoxy) is 1. The lowest BCUT2D eigenvalue weighted by atomic mass is 10.1. The summed E-state index contributed by atoms with van der Waals surface area (Å²) in [5, 5.41) is 14.3. The summed E-state index contributed by atoms with van der Waals surface area (Å²) >= 11 is 0. The summed E-state index contributed by atoms with van der Waals surface area (Å²) in [6, 6.07) is 11.6. The first-order valence-corrected chi connectivity index (χ1v) is 7.19. The van der Waals surface area contributed by atoms with Gasteiger partial charge < -0.3 is 15.4 Å². The highest BCUT2D eigenvalue weighted by Gasteiger charge is 2.13. The Bertz CT molecular complexity index is 783. The Morgan fingerprint density at radius 1 is 1.25 bits per heavy atom. The zero-order chi connectivity index (χ0) is 17.4. The number of nitriles is 1. The van der Waals surface area contributed by atoms with E-state index in [1.807, 2.05) is 6.07 Å². The van der Waals surface area contributed by atoms with Gasteiger partial charge >= 0.3 is 0 Å². The number of carbonyl (C=O) groups excluding carboxylic acids is 2. The number of rotatable bonds is 6. The molecule has 7 nitrogen and oxygen atoms in total. The molecule has 0 aliphatic heterocycles. The van der Waals surface area contributed by atoms with Crippen LogP contribution in [0.4, 0.5) is 5.69 Å². The van der Waals surface area contributed by atoms with Crippen molar-refractivity contribution in [2.45, 2.75) is 0 Å². The van der Waals surface area contributed by atoms with Gasteiger partial charge in [0.2, 0.25) is 0 Å². The van der Waals surface area contributed by atoms with E-state index in [4.69, 9.17) is 10.00 Å². The number of hydrogen-bond donors (Lipinski definition) is 2. The molecule has 1 heterocycles. The maximum absolute atomic E-state index is 12.3. The molecule has 0 aliphatic rings. The highest BCUT2D eigenvalue weighted by molar-refractivity contribution is 6.06. The van der Waals surface area contributed by atoms with Crippen molar-refractivity contribution in [3.8, 4) is 6.07 Å². The van der Waals surface area contributed by atoms with Gasteiger partial charge in [-0.2, -0.15) is 5.26 Å². The number of methoxy groups -OCH3 is 1. The predicted molar refractivity (Wildman–Crippen MR) is 87.6 cm³/mol. The van der Waals surface area contributed by atoms with Gasteiger partial charge in [0.1, 0.15) is 11.8 Å². The second-order valence-electron chi connectivity index (χ2n) is 4.79. The van der Waals surface area contributed by atoms with Crippen LogP contribution in [0, 0.1) is 11.3 Å². The Balaban J connectivity index is 2.12. The third-order valence-corrected chi connectivity index (χ3v) is 3.14. The summed E-state index contributed by atoms with van der Waals surface area (Å²) in [4.78, 5) is 28.2. The number of pyridine rings is 1. The third-order valence-electron chi connectivity index (χ3n) is 3.14.